The molecule has 1 fully saturated rings. The fourth-order valence-corrected chi connectivity index (χ4v) is 7.32. The Balaban J connectivity index is 2.44. The normalized spacial score (nSPS) is 13.2. The Labute approximate surface area is 389 Å². The highest BCUT2D eigenvalue weighted by atomic mass is 16.7. The SMILES string of the molecule is CCCCCCOC(CCC(=O)OCCOC(=O)CCN(CCCN1CCCCC1)CCC(=O)OCCOC(=O)CCC(OCCCCCC)OCCCCCC)OCCCCCC. The molecule has 1 aliphatic heterocycles. The molecule has 1 rings (SSSR count). The lowest BCUT2D eigenvalue weighted by Gasteiger charge is -2.28. The maximum absolute atomic E-state index is 12.7. The van der Waals surface area contributed by atoms with Gasteiger partial charge in [-0.1, -0.05) is 111 Å². The number of hydrogen-bond acceptors (Lipinski definition) is 14. The third-order valence-electron chi connectivity index (χ3n) is 11.3. The van der Waals surface area contributed by atoms with Crippen molar-refractivity contribution in [3.63, 3.8) is 0 Å². The molecule has 64 heavy (non-hydrogen) atoms. The summed E-state index contributed by atoms with van der Waals surface area (Å²) in [5.74, 6) is -1.54. The summed E-state index contributed by atoms with van der Waals surface area (Å²) in [6.07, 6.45) is 22.8. The fraction of sp³-hybridized carbons (Fsp3) is 0.920. The van der Waals surface area contributed by atoms with Crippen molar-refractivity contribution in [3.8, 4) is 0 Å². The van der Waals surface area contributed by atoms with Gasteiger partial charge in [-0.15, -0.1) is 0 Å². The number of ether oxygens (including phenoxy) is 8. The van der Waals surface area contributed by atoms with E-state index >= 15 is 0 Å². The highest BCUT2D eigenvalue weighted by molar-refractivity contribution is 5.71. The van der Waals surface area contributed by atoms with Gasteiger partial charge in [-0.05, 0) is 71.1 Å². The van der Waals surface area contributed by atoms with Crippen LogP contribution in [0.2, 0.25) is 0 Å². The molecule has 376 valence electrons. The Morgan fingerprint density at radius 1 is 0.406 bits per heavy atom. The Hall–Kier alpha value is -2.36. The number of likely N-dealkylation sites (tertiary alicyclic amines) is 1. The van der Waals surface area contributed by atoms with E-state index < -0.39 is 24.5 Å². The third-order valence-corrected chi connectivity index (χ3v) is 11.3. The predicted molar refractivity (Wildman–Crippen MR) is 251 cm³/mol. The third kappa shape index (κ3) is 37.8. The van der Waals surface area contributed by atoms with E-state index in [0.717, 1.165) is 110 Å². The van der Waals surface area contributed by atoms with Gasteiger partial charge < -0.3 is 47.7 Å². The second-order valence-electron chi connectivity index (χ2n) is 17.1. The number of carbonyl (C=O) groups is 4. The number of nitrogens with zero attached hydrogens (tertiary/aromatic N) is 2. The smallest absolute Gasteiger partial charge is 0.307 e. The second kappa shape index (κ2) is 44.5. The highest BCUT2D eigenvalue weighted by Gasteiger charge is 2.18. The summed E-state index contributed by atoms with van der Waals surface area (Å²) < 4.78 is 45.3. The molecular formula is C50H94N2O12. The molecule has 0 aromatic rings. The van der Waals surface area contributed by atoms with Crippen LogP contribution in [0.15, 0.2) is 0 Å². The van der Waals surface area contributed by atoms with Crippen molar-refractivity contribution in [1.29, 1.82) is 0 Å². The first kappa shape index (κ1) is 59.7. The molecule has 1 saturated heterocycles. The van der Waals surface area contributed by atoms with E-state index in [2.05, 4.69) is 37.5 Å². The topological polar surface area (TPSA) is 149 Å². The molecule has 0 bridgehead atoms. The minimum absolute atomic E-state index is 0.0204. The molecule has 0 aromatic carbocycles. The standard InChI is InChI=1S/C50H94N2O12/c1-5-9-13-20-37-61-49(62-38-21-14-10-6-2)27-25-45(53)57-41-43-59-47(55)29-35-52(34-24-33-51-31-18-17-19-32-51)36-30-48(56)60-44-42-58-46(54)26-28-50(63-39-22-15-11-7-3)64-40-23-16-12-8-4/h49-50H,5-44H2,1-4H3. The lowest BCUT2D eigenvalue weighted by molar-refractivity contribution is -0.161. The molecule has 0 aromatic heterocycles. The zero-order chi connectivity index (χ0) is 46.6. The van der Waals surface area contributed by atoms with E-state index in [1.54, 1.807) is 0 Å². The van der Waals surface area contributed by atoms with E-state index in [4.69, 9.17) is 37.9 Å². The van der Waals surface area contributed by atoms with Crippen molar-refractivity contribution in [2.75, 3.05) is 92.1 Å². The molecule has 0 saturated carbocycles. The van der Waals surface area contributed by atoms with Gasteiger partial charge in [-0.3, -0.25) is 19.2 Å². The summed E-state index contributed by atoms with van der Waals surface area (Å²) in [6.45, 7) is 15.8. The van der Waals surface area contributed by atoms with Crippen LogP contribution >= 0.6 is 0 Å². The van der Waals surface area contributed by atoms with Gasteiger partial charge in [0.2, 0.25) is 0 Å². The van der Waals surface area contributed by atoms with Gasteiger partial charge in [0.1, 0.15) is 26.4 Å². The number of unbranched alkanes of at least 4 members (excludes halogenated alkanes) is 12. The summed E-state index contributed by atoms with van der Waals surface area (Å²) >= 11 is 0. The van der Waals surface area contributed by atoms with Gasteiger partial charge in [0.15, 0.2) is 12.6 Å². The van der Waals surface area contributed by atoms with E-state index in [0.29, 0.717) is 52.4 Å². The van der Waals surface area contributed by atoms with Crippen molar-refractivity contribution >= 4 is 23.9 Å². The first-order valence-corrected chi connectivity index (χ1v) is 25.8. The zero-order valence-electron chi connectivity index (χ0n) is 41.2. The molecular weight excluding hydrogens is 821 g/mol. The predicted octanol–water partition coefficient (Wildman–Crippen LogP) is 9.72. The molecule has 0 spiro atoms. The van der Waals surface area contributed by atoms with Crippen LogP contribution in [-0.4, -0.2) is 138 Å². The first-order valence-electron chi connectivity index (χ1n) is 25.8. The van der Waals surface area contributed by atoms with Crippen LogP contribution in [0.4, 0.5) is 0 Å². The maximum atomic E-state index is 12.7. The summed E-state index contributed by atoms with van der Waals surface area (Å²) in [5, 5.41) is 0. The largest absolute Gasteiger partial charge is 0.462 e. The number of hydrogen-bond donors (Lipinski definition) is 0. The summed E-state index contributed by atoms with van der Waals surface area (Å²) in [7, 11) is 0. The molecule has 0 atom stereocenters. The van der Waals surface area contributed by atoms with Crippen LogP contribution < -0.4 is 0 Å². The minimum Gasteiger partial charge on any atom is -0.462 e. The van der Waals surface area contributed by atoms with E-state index in [1.165, 1.54) is 44.9 Å². The lowest BCUT2D eigenvalue weighted by atomic mass is 10.1. The van der Waals surface area contributed by atoms with Crippen molar-refractivity contribution in [2.45, 2.75) is 207 Å². The quantitative estimate of drug-likeness (QED) is 0.0247. The van der Waals surface area contributed by atoms with Crippen LogP contribution in [-0.2, 0) is 57.1 Å². The van der Waals surface area contributed by atoms with Crippen LogP contribution in [0, 0.1) is 0 Å². The Kier molecular flexibility index (Phi) is 41.5. The average Bonchev–Trinajstić information content (AvgIpc) is 3.30. The highest BCUT2D eigenvalue weighted by Crippen LogP contribution is 2.13. The van der Waals surface area contributed by atoms with Gasteiger partial charge in [-0.2, -0.15) is 0 Å². The number of rotatable bonds is 46. The lowest BCUT2D eigenvalue weighted by Crippen LogP contribution is -2.35. The van der Waals surface area contributed by atoms with Crippen molar-refractivity contribution in [1.82, 2.24) is 9.80 Å². The zero-order valence-corrected chi connectivity index (χ0v) is 41.2. The van der Waals surface area contributed by atoms with E-state index in [9.17, 15) is 19.2 Å². The Bertz CT molecular complexity index is 1010. The van der Waals surface area contributed by atoms with Crippen LogP contribution in [0.25, 0.3) is 0 Å². The molecule has 0 amide bonds. The van der Waals surface area contributed by atoms with Crippen LogP contribution in [0.1, 0.15) is 195 Å². The molecule has 14 nitrogen and oxygen atoms in total. The van der Waals surface area contributed by atoms with Crippen molar-refractivity contribution in [2.24, 2.45) is 0 Å². The Morgan fingerprint density at radius 3 is 1.09 bits per heavy atom. The molecule has 0 aliphatic carbocycles. The number of carbonyl (C=O) groups excluding carboxylic acids is 4. The molecule has 1 aliphatic rings. The summed E-state index contributed by atoms with van der Waals surface area (Å²) in [6, 6.07) is 0. The number of piperidine rings is 1. The summed E-state index contributed by atoms with van der Waals surface area (Å²) in [4.78, 5) is 54.9. The number of esters is 4. The van der Waals surface area contributed by atoms with Gasteiger partial charge in [0.25, 0.3) is 0 Å². The van der Waals surface area contributed by atoms with Crippen molar-refractivity contribution in [3.05, 3.63) is 0 Å². The summed E-state index contributed by atoms with van der Waals surface area (Å²) in [5.41, 5.74) is 0. The van der Waals surface area contributed by atoms with E-state index in [1.807, 2.05) is 0 Å². The van der Waals surface area contributed by atoms with Gasteiger partial charge in [0, 0.05) is 52.4 Å². The molecule has 0 radical (unpaired) electrons. The van der Waals surface area contributed by atoms with Gasteiger partial charge >= 0.3 is 23.9 Å². The molecule has 1 heterocycles. The van der Waals surface area contributed by atoms with E-state index in [-0.39, 0.29) is 64.0 Å². The van der Waals surface area contributed by atoms with Crippen LogP contribution in [0.5, 0.6) is 0 Å². The molecule has 0 unspecified atom stereocenters. The second-order valence-corrected chi connectivity index (χ2v) is 17.1. The average molecular weight is 915 g/mol. The first-order chi connectivity index (χ1) is 31.3. The van der Waals surface area contributed by atoms with Gasteiger partial charge in [0.05, 0.1) is 25.7 Å². The van der Waals surface area contributed by atoms with Gasteiger partial charge in [-0.25, -0.2) is 0 Å². The monoisotopic (exact) mass is 915 g/mol. The maximum Gasteiger partial charge on any atom is 0.307 e. The Morgan fingerprint density at radius 2 is 0.750 bits per heavy atom. The molecule has 14 heteroatoms. The van der Waals surface area contributed by atoms with Crippen LogP contribution in [0.3, 0.4) is 0 Å². The molecule has 0 N–H and O–H groups in total. The minimum atomic E-state index is -0.437. The fourth-order valence-electron chi connectivity index (χ4n) is 7.32. The van der Waals surface area contributed by atoms with Crippen molar-refractivity contribution < 1.29 is 57.1 Å².